The third kappa shape index (κ3) is 3.60. The predicted molar refractivity (Wildman–Crippen MR) is 70.0 cm³/mol. The van der Waals surface area contributed by atoms with E-state index >= 15 is 0 Å². The number of urea groups is 1. The van der Waals surface area contributed by atoms with Crippen molar-refractivity contribution >= 4 is 24.2 Å². The molecule has 19 heavy (non-hydrogen) atoms. The number of carbonyl (C=O) groups excluding carboxylic acids is 1. The van der Waals surface area contributed by atoms with Gasteiger partial charge >= 0.3 is 6.03 Å². The molecular formula is C11H12N6O2. The largest absolute Gasteiger partial charge is 0.399 e. The first-order valence-corrected chi connectivity index (χ1v) is 5.44. The topological polar surface area (TPSA) is 91.5 Å². The van der Waals surface area contributed by atoms with Crippen molar-refractivity contribution in [1.29, 1.82) is 0 Å². The molecule has 1 aliphatic rings. The van der Waals surface area contributed by atoms with Gasteiger partial charge in [0.25, 0.3) is 0 Å². The summed E-state index contributed by atoms with van der Waals surface area (Å²) in [5.74, 6) is 0. The maximum absolute atomic E-state index is 11.5. The molecule has 0 saturated carbocycles. The van der Waals surface area contributed by atoms with Crippen LogP contribution in [0.5, 0.6) is 0 Å². The molecule has 0 aliphatic carbocycles. The molecule has 1 aromatic rings. The van der Waals surface area contributed by atoms with Crippen molar-refractivity contribution in [1.82, 2.24) is 15.4 Å². The van der Waals surface area contributed by atoms with Crippen molar-refractivity contribution < 1.29 is 9.63 Å². The Morgan fingerprint density at radius 1 is 1.53 bits per heavy atom. The fourth-order valence-electron chi connectivity index (χ4n) is 1.30. The van der Waals surface area contributed by atoms with E-state index in [1.54, 1.807) is 24.7 Å². The third-order valence-electron chi connectivity index (χ3n) is 2.18. The second-order valence-electron chi connectivity index (χ2n) is 3.53. The van der Waals surface area contributed by atoms with E-state index in [4.69, 9.17) is 0 Å². The van der Waals surface area contributed by atoms with Crippen LogP contribution in [0.25, 0.3) is 0 Å². The van der Waals surface area contributed by atoms with Crippen LogP contribution in [0.3, 0.4) is 0 Å². The molecule has 2 rings (SSSR count). The number of aromatic nitrogens is 1. The Morgan fingerprint density at radius 2 is 2.42 bits per heavy atom. The van der Waals surface area contributed by atoms with Crippen LogP contribution in [-0.2, 0) is 4.84 Å². The molecule has 1 aromatic heterocycles. The predicted octanol–water partition coefficient (Wildman–Crippen LogP) is 0.429. The smallest absolute Gasteiger partial charge is 0.358 e. The van der Waals surface area contributed by atoms with Crippen molar-refractivity contribution in [2.24, 2.45) is 15.4 Å². The standard InChI is InChI=1S/C11H12N6O2/c1-19-14-7-10-8-17(11(18)16-15-10)13-6-9-3-2-4-12-5-9/h2-7H,8H2,1H3,(H,16,18)/b13-6+,14-7?. The fourth-order valence-corrected chi connectivity index (χ4v) is 1.30. The zero-order valence-electron chi connectivity index (χ0n) is 10.2. The van der Waals surface area contributed by atoms with Gasteiger partial charge in [0, 0.05) is 18.0 Å². The van der Waals surface area contributed by atoms with Gasteiger partial charge in [-0.15, -0.1) is 0 Å². The van der Waals surface area contributed by atoms with Crippen LogP contribution in [0, 0.1) is 0 Å². The van der Waals surface area contributed by atoms with E-state index < -0.39 is 6.03 Å². The summed E-state index contributed by atoms with van der Waals surface area (Å²) in [4.78, 5) is 20.0. The minimum absolute atomic E-state index is 0.218. The summed E-state index contributed by atoms with van der Waals surface area (Å²) in [6.07, 6.45) is 6.26. The second-order valence-corrected chi connectivity index (χ2v) is 3.53. The molecule has 0 radical (unpaired) electrons. The zero-order chi connectivity index (χ0) is 13.5. The Hall–Kier alpha value is -2.77. The van der Waals surface area contributed by atoms with Crippen LogP contribution in [-0.4, -0.2) is 47.8 Å². The zero-order valence-corrected chi connectivity index (χ0v) is 10.2. The minimum Gasteiger partial charge on any atom is -0.399 e. The lowest BCUT2D eigenvalue weighted by atomic mass is 10.3. The monoisotopic (exact) mass is 260 g/mol. The average Bonchev–Trinajstić information content (AvgIpc) is 2.46. The molecule has 0 aromatic carbocycles. The molecule has 1 aliphatic heterocycles. The first kappa shape index (κ1) is 12.7. The van der Waals surface area contributed by atoms with E-state index in [2.05, 4.69) is 30.6 Å². The SMILES string of the molecule is CON=CC1=NNC(=O)N(/N=C/c2cccnc2)C1. The molecule has 0 spiro atoms. The van der Waals surface area contributed by atoms with Gasteiger partial charge in [-0.2, -0.15) is 10.2 Å². The Balaban J connectivity index is 2.04. The quantitative estimate of drug-likeness (QED) is 0.628. The first-order chi connectivity index (χ1) is 9.29. The molecule has 0 saturated heterocycles. The summed E-state index contributed by atoms with van der Waals surface area (Å²) < 4.78 is 0. The molecule has 0 fully saturated rings. The van der Waals surface area contributed by atoms with Gasteiger partial charge in [-0.25, -0.2) is 15.2 Å². The number of amides is 2. The molecule has 2 heterocycles. The summed E-state index contributed by atoms with van der Waals surface area (Å²) in [7, 11) is 1.43. The van der Waals surface area contributed by atoms with Gasteiger partial charge in [-0.1, -0.05) is 11.2 Å². The number of hydrogen-bond acceptors (Lipinski definition) is 6. The summed E-state index contributed by atoms with van der Waals surface area (Å²) in [6.45, 7) is 0.218. The lowest BCUT2D eigenvalue weighted by Crippen LogP contribution is -2.43. The molecule has 2 amide bonds. The normalized spacial score (nSPS) is 15.7. The van der Waals surface area contributed by atoms with Crippen LogP contribution < -0.4 is 5.43 Å². The van der Waals surface area contributed by atoms with E-state index in [-0.39, 0.29) is 6.54 Å². The van der Waals surface area contributed by atoms with Gasteiger partial charge < -0.3 is 4.84 Å². The van der Waals surface area contributed by atoms with E-state index in [1.807, 2.05) is 6.07 Å². The Labute approximate surface area is 109 Å². The second kappa shape index (κ2) is 6.24. The van der Waals surface area contributed by atoms with E-state index in [1.165, 1.54) is 18.3 Å². The number of carbonyl (C=O) groups is 1. The molecule has 0 unspecified atom stereocenters. The lowest BCUT2D eigenvalue weighted by Gasteiger charge is -2.20. The highest BCUT2D eigenvalue weighted by Crippen LogP contribution is 1.99. The number of oxime groups is 1. The summed E-state index contributed by atoms with van der Waals surface area (Å²) in [5.41, 5.74) is 3.65. The van der Waals surface area contributed by atoms with Gasteiger partial charge in [0.05, 0.1) is 19.0 Å². The number of hydrogen-bond donors (Lipinski definition) is 1. The maximum atomic E-state index is 11.5. The van der Waals surface area contributed by atoms with E-state index in [9.17, 15) is 4.79 Å². The first-order valence-electron chi connectivity index (χ1n) is 5.44. The molecular weight excluding hydrogens is 248 g/mol. The van der Waals surface area contributed by atoms with Crippen molar-refractivity contribution in [3.8, 4) is 0 Å². The van der Waals surface area contributed by atoms with Gasteiger partial charge in [0.2, 0.25) is 0 Å². The van der Waals surface area contributed by atoms with Crippen LogP contribution in [0.2, 0.25) is 0 Å². The Morgan fingerprint density at radius 3 is 3.16 bits per heavy atom. The molecule has 0 atom stereocenters. The molecule has 98 valence electrons. The number of rotatable bonds is 4. The van der Waals surface area contributed by atoms with E-state index in [0.717, 1.165) is 5.56 Å². The van der Waals surface area contributed by atoms with Gasteiger partial charge in [0.1, 0.15) is 12.8 Å². The Bertz CT molecular complexity index is 525. The number of hydrazone groups is 2. The van der Waals surface area contributed by atoms with Crippen LogP contribution in [0.1, 0.15) is 5.56 Å². The fraction of sp³-hybridized carbons (Fsp3) is 0.182. The molecule has 8 nitrogen and oxygen atoms in total. The number of nitrogens with one attached hydrogen (secondary N) is 1. The van der Waals surface area contributed by atoms with Crippen LogP contribution in [0.15, 0.2) is 39.9 Å². The van der Waals surface area contributed by atoms with Crippen molar-refractivity contribution in [3.05, 3.63) is 30.1 Å². The maximum Gasteiger partial charge on any atom is 0.358 e. The van der Waals surface area contributed by atoms with E-state index in [0.29, 0.717) is 5.71 Å². The van der Waals surface area contributed by atoms with Crippen molar-refractivity contribution in [2.75, 3.05) is 13.7 Å². The highest BCUT2D eigenvalue weighted by Gasteiger charge is 2.18. The third-order valence-corrected chi connectivity index (χ3v) is 2.18. The molecule has 8 heteroatoms. The van der Waals surface area contributed by atoms with Gasteiger partial charge in [-0.05, 0) is 6.07 Å². The van der Waals surface area contributed by atoms with Crippen LogP contribution >= 0.6 is 0 Å². The summed E-state index contributed by atoms with van der Waals surface area (Å²) >= 11 is 0. The summed E-state index contributed by atoms with van der Waals surface area (Å²) in [6, 6.07) is 3.21. The van der Waals surface area contributed by atoms with Crippen molar-refractivity contribution in [3.63, 3.8) is 0 Å². The summed E-state index contributed by atoms with van der Waals surface area (Å²) in [5, 5.41) is 12.7. The van der Waals surface area contributed by atoms with Gasteiger partial charge in [-0.3, -0.25) is 4.98 Å². The minimum atomic E-state index is -0.408. The molecule has 1 N–H and O–H groups in total. The molecule has 0 bridgehead atoms. The number of nitrogens with zero attached hydrogens (tertiary/aromatic N) is 5. The van der Waals surface area contributed by atoms with Crippen LogP contribution in [0.4, 0.5) is 4.79 Å². The average molecular weight is 260 g/mol. The van der Waals surface area contributed by atoms with Crippen molar-refractivity contribution in [2.45, 2.75) is 0 Å². The highest BCUT2D eigenvalue weighted by molar-refractivity contribution is 6.32. The highest BCUT2D eigenvalue weighted by atomic mass is 16.6. The lowest BCUT2D eigenvalue weighted by molar-refractivity contribution is 0.204. The number of pyridine rings is 1. The Kier molecular flexibility index (Phi) is 4.17. The van der Waals surface area contributed by atoms with Gasteiger partial charge in [0.15, 0.2) is 0 Å².